The lowest BCUT2D eigenvalue weighted by atomic mass is 9.47. The van der Waals surface area contributed by atoms with Crippen LogP contribution >= 0.6 is 0 Å². The molecule has 4 nitrogen and oxygen atoms in total. The summed E-state index contributed by atoms with van der Waals surface area (Å²) in [5, 5.41) is 20.9. The lowest BCUT2D eigenvalue weighted by molar-refractivity contribution is -0.119. The molecule has 0 bridgehead atoms. The third kappa shape index (κ3) is 1.98. The molecule has 4 N–H and O–H groups in total. The first-order chi connectivity index (χ1) is 10.8. The Hall–Kier alpha value is -0.710. The van der Waals surface area contributed by atoms with Gasteiger partial charge in [0.25, 0.3) is 0 Å². The number of carbonyl (C=O) groups excluding carboxylic acids is 1. The monoisotopic (exact) mass is 319 g/mol. The molecule has 4 aliphatic rings. The molecule has 0 spiro atoms. The van der Waals surface area contributed by atoms with Gasteiger partial charge in [0.1, 0.15) is 5.78 Å². The standard InChI is InChI=1S/C19H29NO3/c1-18-5-3-11(21)7-10(18)8-14(22)16-12(18)4-6-19(2)13(16)9-15(23)17(19)20/h8,11-14,16-17,21-22H,3-7,9,20H2,1-2H3/t11?,12-,13+,14?,16-,17?,18+,19+/m1/s1. The van der Waals surface area contributed by atoms with E-state index in [1.54, 1.807) is 0 Å². The summed E-state index contributed by atoms with van der Waals surface area (Å²) >= 11 is 0. The Morgan fingerprint density at radius 2 is 1.87 bits per heavy atom. The van der Waals surface area contributed by atoms with Gasteiger partial charge >= 0.3 is 0 Å². The molecular weight excluding hydrogens is 290 g/mol. The first kappa shape index (κ1) is 15.8. The van der Waals surface area contributed by atoms with Crippen molar-refractivity contribution < 1.29 is 15.0 Å². The topological polar surface area (TPSA) is 83.6 Å². The molecule has 0 amide bonds. The summed E-state index contributed by atoms with van der Waals surface area (Å²) in [6.07, 6.45) is 6.27. The van der Waals surface area contributed by atoms with Gasteiger partial charge < -0.3 is 15.9 Å². The summed E-state index contributed by atoms with van der Waals surface area (Å²) in [5.41, 5.74) is 7.39. The second kappa shape index (κ2) is 4.90. The highest BCUT2D eigenvalue weighted by molar-refractivity contribution is 5.87. The van der Waals surface area contributed by atoms with Gasteiger partial charge in [-0.15, -0.1) is 0 Å². The molecule has 0 saturated heterocycles. The van der Waals surface area contributed by atoms with Gasteiger partial charge in [0.05, 0.1) is 18.2 Å². The van der Waals surface area contributed by atoms with Crippen LogP contribution in [0.25, 0.3) is 0 Å². The van der Waals surface area contributed by atoms with E-state index in [9.17, 15) is 15.0 Å². The van der Waals surface area contributed by atoms with Crippen LogP contribution in [0, 0.1) is 28.6 Å². The molecular formula is C19H29NO3. The van der Waals surface area contributed by atoms with Gasteiger partial charge in [-0.1, -0.05) is 25.5 Å². The molecule has 0 aromatic rings. The van der Waals surface area contributed by atoms with Crippen LogP contribution in [0.3, 0.4) is 0 Å². The molecule has 0 aliphatic heterocycles. The van der Waals surface area contributed by atoms with Crippen molar-refractivity contribution in [1.82, 2.24) is 0 Å². The normalized spacial score (nSPS) is 55.7. The zero-order valence-corrected chi connectivity index (χ0v) is 14.2. The molecule has 0 radical (unpaired) electrons. The van der Waals surface area contributed by atoms with E-state index in [1.807, 2.05) is 6.08 Å². The first-order valence-electron chi connectivity index (χ1n) is 9.13. The number of aliphatic hydroxyl groups excluding tert-OH is 2. The van der Waals surface area contributed by atoms with Crippen LogP contribution < -0.4 is 5.73 Å². The SMILES string of the molecule is C[C@]12CCC(O)CC1=CC(O)[C@@H]1[C@H]2CC[C@]2(C)C(N)C(=O)C[C@@H]12. The van der Waals surface area contributed by atoms with E-state index < -0.39 is 6.10 Å². The number of fused-ring (bicyclic) bond motifs is 5. The zero-order chi connectivity index (χ0) is 16.6. The Bertz CT molecular complexity index is 573. The van der Waals surface area contributed by atoms with Crippen molar-refractivity contribution in [2.75, 3.05) is 0 Å². The van der Waals surface area contributed by atoms with E-state index in [2.05, 4.69) is 13.8 Å². The van der Waals surface area contributed by atoms with E-state index in [0.29, 0.717) is 18.8 Å². The van der Waals surface area contributed by atoms with Gasteiger partial charge in [0.15, 0.2) is 0 Å². The van der Waals surface area contributed by atoms with E-state index in [-0.39, 0.29) is 40.6 Å². The van der Waals surface area contributed by atoms with Crippen molar-refractivity contribution >= 4 is 5.78 Å². The van der Waals surface area contributed by atoms with Gasteiger partial charge in [-0.05, 0) is 60.7 Å². The molecule has 8 atom stereocenters. The number of carbonyl (C=O) groups is 1. The minimum absolute atomic E-state index is 0.0696. The lowest BCUT2D eigenvalue weighted by Gasteiger charge is -2.58. The second-order valence-corrected chi connectivity index (χ2v) is 8.98. The van der Waals surface area contributed by atoms with Crippen LogP contribution in [0.4, 0.5) is 0 Å². The van der Waals surface area contributed by atoms with Crippen LogP contribution in [0.2, 0.25) is 0 Å². The van der Waals surface area contributed by atoms with E-state index in [0.717, 1.165) is 25.7 Å². The number of ketones is 1. The van der Waals surface area contributed by atoms with Crippen molar-refractivity contribution in [3.8, 4) is 0 Å². The minimum Gasteiger partial charge on any atom is -0.393 e. The van der Waals surface area contributed by atoms with Crippen molar-refractivity contribution in [2.45, 2.75) is 70.6 Å². The summed E-state index contributed by atoms with van der Waals surface area (Å²) in [6.45, 7) is 4.47. The predicted molar refractivity (Wildman–Crippen MR) is 87.5 cm³/mol. The quantitative estimate of drug-likeness (QED) is 0.594. The molecule has 0 heterocycles. The number of nitrogens with two attached hydrogens (primary N) is 1. The van der Waals surface area contributed by atoms with E-state index >= 15 is 0 Å². The Labute approximate surface area is 138 Å². The highest BCUT2D eigenvalue weighted by Gasteiger charge is 2.62. The maximum atomic E-state index is 12.3. The molecule has 4 rings (SSSR count). The van der Waals surface area contributed by atoms with Crippen molar-refractivity contribution in [3.63, 3.8) is 0 Å². The van der Waals surface area contributed by atoms with Crippen LogP contribution in [-0.4, -0.2) is 34.2 Å². The maximum Gasteiger partial charge on any atom is 0.150 e. The Morgan fingerprint density at radius 3 is 2.61 bits per heavy atom. The van der Waals surface area contributed by atoms with Gasteiger partial charge in [0, 0.05) is 6.42 Å². The first-order valence-corrected chi connectivity index (χ1v) is 9.13. The third-order valence-electron chi connectivity index (χ3n) is 8.02. The van der Waals surface area contributed by atoms with Crippen molar-refractivity contribution in [3.05, 3.63) is 11.6 Å². The van der Waals surface area contributed by atoms with Gasteiger partial charge in [-0.3, -0.25) is 4.79 Å². The van der Waals surface area contributed by atoms with Crippen LogP contribution in [0.1, 0.15) is 52.4 Å². The highest BCUT2D eigenvalue weighted by Crippen LogP contribution is 2.63. The fraction of sp³-hybridized carbons (Fsp3) is 0.842. The highest BCUT2D eigenvalue weighted by atomic mass is 16.3. The van der Waals surface area contributed by atoms with Crippen LogP contribution in [0.5, 0.6) is 0 Å². The summed E-state index contributed by atoms with van der Waals surface area (Å²) in [7, 11) is 0. The van der Waals surface area contributed by atoms with Crippen molar-refractivity contribution in [2.24, 2.45) is 34.3 Å². The number of rotatable bonds is 0. The van der Waals surface area contributed by atoms with E-state index in [4.69, 9.17) is 5.73 Å². The van der Waals surface area contributed by atoms with Gasteiger partial charge in [-0.2, -0.15) is 0 Å². The Morgan fingerprint density at radius 1 is 1.13 bits per heavy atom. The molecule has 128 valence electrons. The molecule has 0 aromatic carbocycles. The van der Waals surface area contributed by atoms with Crippen molar-refractivity contribution in [1.29, 1.82) is 0 Å². The number of hydrogen-bond acceptors (Lipinski definition) is 4. The van der Waals surface area contributed by atoms with Crippen LogP contribution in [0.15, 0.2) is 11.6 Å². The average Bonchev–Trinajstić information content (AvgIpc) is 2.73. The average molecular weight is 319 g/mol. The zero-order valence-electron chi connectivity index (χ0n) is 14.2. The summed E-state index contributed by atoms with van der Waals surface area (Å²) < 4.78 is 0. The second-order valence-electron chi connectivity index (χ2n) is 8.98. The lowest BCUT2D eigenvalue weighted by Crippen LogP contribution is -2.56. The Kier molecular flexibility index (Phi) is 3.37. The summed E-state index contributed by atoms with van der Waals surface area (Å²) in [4.78, 5) is 12.3. The smallest absolute Gasteiger partial charge is 0.150 e. The minimum atomic E-state index is -0.504. The van der Waals surface area contributed by atoms with E-state index in [1.165, 1.54) is 5.57 Å². The third-order valence-corrected chi connectivity index (χ3v) is 8.02. The molecule has 4 aliphatic carbocycles. The van der Waals surface area contributed by atoms with Gasteiger partial charge in [0.2, 0.25) is 0 Å². The van der Waals surface area contributed by atoms with Crippen LogP contribution in [-0.2, 0) is 4.79 Å². The summed E-state index contributed by atoms with van der Waals surface area (Å²) in [6, 6.07) is -0.369. The Balaban J connectivity index is 1.75. The number of aliphatic hydroxyl groups is 2. The summed E-state index contributed by atoms with van der Waals surface area (Å²) in [5.74, 6) is 0.904. The van der Waals surface area contributed by atoms with Gasteiger partial charge in [-0.25, -0.2) is 0 Å². The maximum absolute atomic E-state index is 12.3. The molecule has 0 aromatic heterocycles. The molecule has 3 fully saturated rings. The predicted octanol–water partition coefficient (Wildman–Crippen LogP) is 1.79. The molecule has 3 unspecified atom stereocenters. The molecule has 3 saturated carbocycles. The molecule has 4 heteroatoms. The number of hydrogen-bond donors (Lipinski definition) is 3. The largest absolute Gasteiger partial charge is 0.393 e. The number of Topliss-reactive ketones (excluding diaryl/α,β-unsaturated/α-hetero) is 1. The molecule has 23 heavy (non-hydrogen) atoms. The fourth-order valence-corrected chi connectivity index (χ4v) is 6.47. The fourth-order valence-electron chi connectivity index (χ4n) is 6.47.